The number of fused-ring (bicyclic) bond motifs is 14. The highest BCUT2D eigenvalue weighted by atomic mass is 15.1. The minimum absolute atomic E-state index is 0.560. The van der Waals surface area contributed by atoms with Crippen LogP contribution in [0.4, 0.5) is 0 Å². The molecule has 0 fully saturated rings. The van der Waals surface area contributed by atoms with E-state index in [9.17, 15) is 5.26 Å². The van der Waals surface area contributed by atoms with E-state index in [1.54, 1.807) is 0 Å². The summed E-state index contributed by atoms with van der Waals surface area (Å²) in [6.45, 7) is 0. The molecule has 4 aromatic heterocycles. The van der Waals surface area contributed by atoms with Crippen LogP contribution in [0.1, 0.15) is 5.56 Å². The number of hydrogen-bond acceptors (Lipinski definition) is 1. The van der Waals surface area contributed by atoms with Gasteiger partial charge >= 0.3 is 0 Å². The lowest BCUT2D eigenvalue weighted by Gasteiger charge is -2.28. The molecule has 0 radical (unpaired) electrons. The molecule has 16 rings (SSSR count). The summed E-state index contributed by atoms with van der Waals surface area (Å²) in [5.74, 6) is 0. The molecule has 0 bridgehead atoms. The Labute approximate surface area is 449 Å². The molecule has 0 unspecified atom stereocenters. The first-order chi connectivity index (χ1) is 38.8. The largest absolute Gasteiger partial charge is 0.309 e. The van der Waals surface area contributed by atoms with Gasteiger partial charge in [-0.25, -0.2) is 0 Å². The maximum atomic E-state index is 12.7. The summed E-state index contributed by atoms with van der Waals surface area (Å²) >= 11 is 0. The number of aromatic nitrogens is 4. The third kappa shape index (κ3) is 6.17. The number of benzene rings is 12. The Bertz CT molecular complexity index is 4820. The third-order valence-electron chi connectivity index (χ3n) is 16.2. The van der Waals surface area contributed by atoms with Crippen LogP contribution >= 0.6 is 0 Å². The summed E-state index contributed by atoms with van der Waals surface area (Å²) < 4.78 is 9.70. The number of para-hydroxylation sites is 6. The predicted octanol–water partition coefficient (Wildman–Crippen LogP) is 18.9. The van der Waals surface area contributed by atoms with Crippen molar-refractivity contribution in [1.82, 2.24) is 18.3 Å². The van der Waals surface area contributed by atoms with Gasteiger partial charge in [-0.2, -0.15) is 5.26 Å². The summed E-state index contributed by atoms with van der Waals surface area (Å²) in [4.78, 5) is 0. The quantitative estimate of drug-likeness (QED) is 0.157. The van der Waals surface area contributed by atoms with E-state index in [0.29, 0.717) is 5.56 Å². The second kappa shape index (κ2) is 17.2. The summed E-state index contributed by atoms with van der Waals surface area (Å²) in [6.07, 6.45) is 0. The lowest BCUT2D eigenvalue weighted by Crippen LogP contribution is -2.11. The van der Waals surface area contributed by atoms with Crippen molar-refractivity contribution >= 4 is 87.2 Å². The zero-order valence-corrected chi connectivity index (χ0v) is 42.2. The van der Waals surface area contributed by atoms with Gasteiger partial charge in [-0.1, -0.05) is 212 Å². The van der Waals surface area contributed by atoms with Crippen molar-refractivity contribution < 1.29 is 0 Å². The highest BCUT2D eigenvalue weighted by molar-refractivity contribution is 6.28. The van der Waals surface area contributed by atoms with Crippen molar-refractivity contribution in [2.24, 2.45) is 0 Å². The van der Waals surface area contributed by atoms with Crippen molar-refractivity contribution in [3.8, 4) is 62.2 Å². The molecule has 16 aromatic rings. The van der Waals surface area contributed by atoms with Crippen LogP contribution in [-0.2, 0) is 0 Å². The molecule has 0 aliphatic carbocycles. The van der Waals surface area contributed by atoms with E-state index in [4.69, 9.17) is 0 Å². The molecule has 12 aromatic carbocycles. The zero-order valence-electron chi connectivity index (χ0n) is 42.2. The maximum Gasteiger partial charge on any atom is 0.104 e. The third-order valence-corrected chi connectivity index (χ3v) is 16.2. The number of rotatable bonds is 7. The van der Waals surface area contributed by atoms with Crippen LogP contribution in [0, 0.1) is 11.3 Å². The minimum Gasteiger partial charge on any atom is -0.309 e. The van der Waals surface area contributed by atoms with Crippen LogP contribution in [0.25, 0.3) is 143 Å². The molecule has 0 aliphatic rings. The first-order valence-corrected chi connectivity index (χ1v) is 26.6. The predicted molar refractivity (Wildman–Crippen MR) is 325 cm³/mol. The Balaban J connectivity index is 1.17. The summed E-state index contributed by atoms with van der Waals surface area (Å²) in [7, 11) is 0. The Kier molecular flexibility index (Phi) is 9.63. The van der Waals surface area contributed by atoms with Gasteiger partial charge in [-0.3, -0.25) is 0 Å². The fourth-order valence-electron chi connectivity index (χ4n) is 13.1. The number of nitrogens with zero attached hydrogens (tertiary/aromatic N) is 5. The second-order valence-corrected chi connectivity index (χ2v) is 20.2. The first kappa shape index (κ1) is 43.7. The molecule has 0 spiro atoms. The smallest absolute Gasteiger partial charge is 0.104 e. The SMILES string of the molecule is N#Cc1c(-n2c3ccccc3c3c2ccc2c4ccccc4n(-c4ccccc4)c23)c(-c2ccccc2)c(-c2ccccc2)c(-c2ccccc2)c1-n1c2ccccc2c2c1ccc1c3ccccc3n(-c3ccccc3)c12. The van der Waals surface area contributed by atoms with E-state index in [2.05, 4.69) is 297 Å². The summed E-state index contributed by atoms with van der Waals surface area (Å²) in [6, 6.07) is 101. The highest BCUT2D eigenvalue weighted by Crippen LogP contribution is 2.54. The molecule has 0 N–H and O–H groups in total. The molecule has 0 amide bonds. The van der Waals surface area contributed by atoms with Crippen LogP contribution in [0.3, 0.4) is 0 Å². The first-order valence-electron chi connectivity index (χ1n) is 26.6. The standard InChI is InChI=1S/C73H45N5/c74-46-58-72(77-61-40-22-18-36-56(61)68-63(77)44-42-54-52-34-16-20-38-59(52)75(70(54)68)50-30-12-4-13-31-50)66(48-26-8-2-9-27-48)65(47-24-6-1-7-25-47)67(49-28-10-3-11-29-49)73(58)78-62-41-23-19-37-57(62)69-64(78)45-43-55-53-35-17-21-39-60(53)76(71(55)69)51-32-14-5-15-33-51/h1-45H. The van der Waals surface area contributed by atoms with Crippen molar-refractivity contribution in [1.29, 1.82) is 5.26 Å². The maximum absolute atomic E-state index is 12.7. The molecule has 0 saturated heterocycles. The van der Waals surface area contributed by atoms with E-state index in [-0.39, 0.29) is 0 Å². The van der Waals surface area contributed by atoms with E-state index in [1.165, 1.54) is 21.5 Å². The molecule has 0 saturated carbocycles. The molecule has 5 heteroatoms. The number of nitriles is 1. The van der Waals surface area contributed by atoms with Gasteiger partial charge < -0.3 is 18.3 Å². The van der Waals surface area contributed by atoms with E-state index in [1.807, 2.05) is 0 Å². The van der Waals surface area contributed by atoms with Crippen molar-refractivity contribution in [2.75, 3.05) is 0 Å². The van der Waals surface area contributed by atoms with Gasteiger partial charge in [-0.05, 0) is 77.4 Å². The fourth-order valence-corrected chi connectivity index (χ4v) is 13.1. The van der Waals surface area contributed by atoms with Gasteiger partial charge in [0.25, 0.3) is 0 Å². The van der Waals surface area contributed by atoms with Gasteiger partial charge in [0, 0.05) is 71.2 Å². The molecular formula is C73H45N5. The van der Waals surface area contributed by atoms with Gasteiger partial charge in [0.15, 0.2) is 0 Å². The van der Waals surface area contributed by atoms with E-state index >= 15 is 0 Å². The van der Waals surface area contributed by atoms with Crippen LogP contribution < -0.4 is 0 Å². The molecule has 4 heterocycles. The highest BCUT2D eigenvalue weighted by Gasteiger charge is 2.33. The normalized spacial score (nSPS) is 11.8. The molecular weight excluding hydrogens is 947 g/mol. The Morgan fingerprint density at radius 1 is 0.244 bits per heavy atom. The van der Waals surface area contributed by atoms with Crippen LogP contribution in [-0.4, -0.2) is 18.3 Å². The lowest BCUT2D eigenvalue weighted by molar-refractivity contribution is 1.12. The topological polar surface area (TPSA) is 43.5 Å². The lowest BCUT2D eigenvalue weighted by atomic mass is 9.82. The zero-order chi connectivity index (χ0) is 51.4. The van der Waals surface area contributed by atoms with Crippen molar-refractivity contribution in [2.45, 2.75) is 0 Å². The average molecular weight is 992 g/mol. The molecule has 78 heavy (non-hydrogen) atoms. The monoisotopic (exact) mass is 991 g/mol. The van der Waals surface area contributed by atoms with E-state index in [0.717, 1.165) is 122 Å². The van der Waals surface area contributed by atoms with Crippen LogP contribution in [0.15, 0.2) is 273 Å². The average Bonchev–Trinajstić information content (AvgIpc) is 4.44. The van der Waals surface area contributed by atoms with Gasteiger partial charge in [-0.15, -0.1) is 0 Å². The van der Waals surface area contributed by atoms with Crippen molar-refractivity contribution in [3.05, 3.63) is 279 Å². The summed E-state index contributed by atoms with van der Waals surface area (Å²) in [5, 5.41) is 21.9. The Morgan fingerprint density at radius 2 is 0.551 bits per heavy atom. The Morgan fingerprint density at radius 3 is 0.923 bits per heavy atom. The molecule has 5 nitrogen and oxygen atoms in total. The van der Waals surface area contributed by atoms with Crippen LogP contribution in [0.5, 0.6) is 0 Å². The number of hydrogen-bond donors (Lipinski definition) is 0. The van der Waals surface area contributed by atoms with Gasteiger partial charge in [0.1, 0.15) is 11.6 Å². The summed E-state index contributed by atoms with van der Waals surface area (Å²) in [5.41, 5.74) is 18.9. The minimum atomic E-state index is 0.560. The van der Waals surface area contributed by atoms with E-state index < -0.39 is 0 Å². The van der Waals surface area contributed by atoms with Gasteiger partial charge in [0.05, 0.1) is 55.5 Å². The van der Waals surface area contributed by atoms with Gasteiger partial charge in [0.2, 0.25) is 0 Å². The molecule has 0 atom stereocenters. The van der Waals surface area contributed by atoms with Crippen molar-refractivity contribution in [3.63, 3.8) is 0 Å². The second-order valence-electron chi connectivity index (χ2n) is 20.2. The molecule has 0 aliphatic heterocycles. The molecule has 362 valence electrons. The van der Waals surface area contributed by atoms with Crippen LogP contribution in [0.2, 0.25) is 0 Å². The Hall–Kier alpha value is -10.7. The fraction of sp³-hybridized carbons (Fsp3) is 0.